The lowest BCUT2D eigenvalue weighted by Crippen LogP contribution is -2.63. The number of nitrogens with one attached hydrogen (secondary N) is 6. The van der Waals surface area contributed by atoms with E-state index in [-0.39, 0.29) is 17.5 Å². The van der Waals surface area contributed by atoms with Crippen LogP contribution in [0.25, 0.3) is 16.7 Å². The monoisotopic (exact) mass is 1000 g/mol. The zero-order valence-corrected chi connectivity index (χ0v) is 37.7. The maximum Gasteiger partial charge on any atom is 0.396 e. The van der Waals surface area contributed by atoms with E-state index in [1.807, 2.05) is 16.1 Å². The number of halogens is 12. The van der Waals surface area contributed by atoms with Crippen molar-refractivity contribution in [2.45, 2.75) is 117 Å². The lowest BCUT2D eigenvalue weighted by Gasteiger charge is -2.38. The van der Waals surface area contributed by atoms with E-state index in [4.69, 9.17) is 5.41 Å². The van der Waals surface area contributed by atoms with Crippen LogP contribution < -0.4 is 26.7 Å². The molecule has 14 nitrogen and oxygen atoms in total. The van der Waals surface area contributed by atoms with E-state index in [9.17, 15) is 68.2 Å². The first kappa shape index (κ1) is 57.1. The molecule has 3 rings (SSSR count). The number of aliphatic hydroxyl groups is 1. The van der Waals surface area contributed by atoms with Gasteiger partial charge in [-0.15, -0.1) is 0 Å². The molecule has 382 valence electrons. The summed E-state index contributed by atoms with van der Waals surface area (Å²) in [5.41, 5.74) is -5.22. The molecule has 26 heteroatoms. The minimum atomic E-state index is -5.20. The van der Waals surface area contributed by atoms with Crippen LogP contribution >= 0.6 is 0 Å². The number of alkyl halides is 10. The molecule has 0 aliphatic rings. The summed E-state index contributed by atoms with van der Waals surface area (Å²) < 4.78 is 171. The lowest BCUT2D eigenvalue weighted by atomic mass is 9.82. The molecular formula is C43H51F12N9O5. The summed E-state index contributed by atoms with van der Waals surface area (Å²) in [7, 11) is 0. The normalized spacial score (nSPS) is 14.6. The second-order valence-electron chi connectivity index (χ2n) is 16.7. The number of allylic oxidation sites excluding steroid dienone is 1. The van der Waals surface area contributed by atoms with Gasteiger partial charge in [-0.25, -0.2) is 18.5 Å². The largest absolute Gasteiger partial charge is 0.396 e. The van der Waals surface area contributed by atoms with Gasteiger partial charge in [0.25, 0.3) is 5.91 Å². The molecular weight excluding hydrogens is 951 g/mol. The van der Waals surface area contributed by atoms with Crippen molar-refractivity contribution in [1.29, 1.82) is 5.41 Å². The summed E-state index contributed by atoms with van der Waals surface area (Å²) in [6.07, 6.45) is -10.7. The van der Waals surface area contributed by atoms with Gasteiger partial charge in [0, 0.05) is 61.2 Å². The van der Waals surface area contributed by atoms with E-state index in [0.717, 1.165) is 12.4 Å². The minimum Gasteiger partial charge on any atom is -0.390 e. The van der Waals surface area contributed by atoms with Gasteiger partial charge in [-0.05, 0) is 62.9 Å². The van der Waals surface area contributed by atoms with Crippen LogP contribution in [0.1, 0.15) is 77.6 Å². The first-order chi connectivity index (χ1) is 31.9. The highest BCUT2D eigenvalue weighted by atomic mass is 19.4. The molecule has 4 amide bonds. The number of aliphatic hydroxyl groups excluding tert-OH is 1. The van der Waals surface area contributed by atoms with E-state index in [1.54, 1.807) is 5.32 Å². The highest BCUT2D eigenvalue weighted by molar-refractivity contribution is 6.08. The molecule has 7 N–H and O–H groups in total. The standard InChI is InChI=1S/C43H51F12N9O5/c1-7-32(66)60-34(40(3,4)42(50,51)52)36(68)59-30(13-22-9-11-23(12-10-22)26-18-58-64(19-26)39(48)49)31(65)21-63(62-37(69)35(61-33(67)8-2)41(5,6)43(53,54)55)20-27-28(44)14-24(15-29(27)45)25(16-56)17-57-38(46)47/h9-12,14-19,30-31,34-35,38-39,56-57,65H,7-8,13,20-21H2,1-6H3,(H,59,68)(H,60,66)(H,61,67)(H,62,69)/b25-17+,56-16?/t30-,31-,34?,35+/m0/s1. The van der Waals surface area contributed by atoms with Gasteiger partial charge < -0.3 is 31.8 Å². The van der Waals surface area contributed by atoms with E-state index >= 15 is 8.78 Å². The van der Waals surface area contributed by atoms with E-state index in [2.05, 4.69) is 10.4 Å². The maximum atomic E-state index is 15.9. The van der Waals surface area contributed by atoms with E-state index in [0.29, 0.717) is 67.5 Å². The molecule has 1 heterocycles. The lowest BCUT2D eigenvalue weighted by molar-refractivity contribution is -0.222. The maximum absolute atomic E-state index is 15.9. The highest BCUT2D eigenvalue weighted by Gasteiger charge is 2.57. The van der Waals surface area contributed by atoms with Crippen molar-refractivity contribution in [3.05, 3.63) is 83.3 Å². The number of hydrogen-bond donors (Lipinski definition) is 7. The van der Waals surface area contributed by atoms with Gasteiger partial charge in [-0.1, -0.05) is 38.1 Å². The van der Waals surface area contributed by atoms with Crippen molar-refractivity contribution in [3.8, 4) is 11.1 Å². The zero-order valence-electron chi connectivity index (χ0n) is 37.7. The Morgan fingerprint density at radius 3 is 1.74 bits per heavy atom. The molecule has 0 bridgehead atoms. The Morgan fingerprint density at radius 2 is 1.30 bits per heavy atom. The summed E-state index contributed by atoms with van der Waals surface area (Å²) in [6, 6.07) is 0.00394. The van der Waals surface area contributed by atoms with Crippen LogP contribution in [-0.4, -0.2) is 99.4 Å². The number of nitrogens with zero attached hydrogens (tertiary/aromatic N) is 3. The molecule has 3 aromatic rings. The first-order valence-electron chi connectivity index (χ1n) is 20.8. The quantitative estimate of drug-likeness (QED) is 0.0231. The second-order valence-corrected chi connectivity index (χ2v) is 16.7. The van der Waals surface area contributed by atoms with Gasteiger partial charge in [0.15, 0.2) is 0 Å². The first-order valence-corrected chi connectivity index (χ1v) is 20.8. The molecule has 1 unspecified atom stereocenters. The van der Waals surface area contributed by atoms with Crippen molar-refractivity contribution in [2.24, 2.45) is 10.8 Å². The number of rotatable bonds is 23. The number of benzene rings is 2. The molecule has 0 saturated carbocycles. The summed E-state index contributed by atoms with van der Waals surface area (Å²) in [6.45, 7) is -3.60. The van der Waals surface area contributed by atoms with Crippen LogP contribution in [0.3, 0.4) is 0 Å². The fraction of sp³-hybridized carbons (Fsp3) is 0.488. The van der Waals surface area contributed by atoms with Crippen LogP contribution in [-0.2, 0) is 32.1 Å². The SMILES string of the molecule is CCC(=O)NC(C(=O)N[C@@H](Cc1ccc(-c2cnn(C(F)F)c2)cc1)[C@@H](O)CN(Cc1c(F)cc(/C(C=N)=C/NC(F)F)cc1F)NC(=O)[C@@H](NC(=O)CC)C(C)(C)C(F)(F)F)C(C)(C)C(F)(F)F. The van der Waals surface area contributed by atoms with Crippen molar-refractivity contribution in [1.82, 2.24) is 41.5 Å². The average Bonchev–Trinajstić information content (AvgIpc) is 3.76. The Balaban J connectivity index is 2.22. The van der Waals surface area contributed by atoms with Crippen LogP contribution in [0.2, 0.25) is 0 Å². The van der Waals surface area contributed by atoms with Gasteiger partial charge in [0.2, 0.25) is 17.7 Å². The Labute approximate surface area is 387 Å². The molecule has 1 aromatic heterocycles. The predicted molar refractivity (Wildman–Crippen MR) is 225 cm³/mol. The summed E-state index contributed by atoms with van der Waals surface area (Å²) in [4.78, 5) is 52.8. The number of hydrazine groups is 1. The van der Waals surface area contributed by atoms with E-state index in [1.165, 1.54) is 38.1 Å². The summed E-state index contributed by atoms with van der Waals surface area (Å²) >= 11 is 0. The van der Waals surface area contributed by atoms with Crippen molar-refractivity contribution >= 4 is 35.4 Å². The molecule has 0 aliphatic heterocycles. The Bertz CT molecular complexity index is 2280. The van der Waals surface area contributed by atoms with Crippen LogP contribution in [0, 0.1) is 27.9 Å². The minimum absolute atomic E-state index is 0.183. The van der Waals surface area contributed by atoms with E-state index < -0.39 is 138 Å². The van der Waals surface area contributed by atoms with Crippen molar-refractivity contribution < 1.29 is 77.0 Å². The Kier molecular flexibility index (Phi) is 19.4. The predicted octanol–water partition coefficient (Wildman–Crippen LogP) is 6.91. The third-order valence-corrected chi connectivity index (χ3v) is 11.0. The Hall–Kier alpha value is -6.18. The third-order valence-electron chi connectivity index (χ3n) is 11.0. The van der Waals surface area contributed by atoms with Gasteiger partial charge in [-0.2, -0.15) is 49.0 Å². The van der Waals surface area contributed by atoms with Crippen LogP contribution in [0.15, 0.2) is 55.0 Å². The fourth-order valence-corrected chi connectivity index (χ4v) is 6.43. The summed E-state index contributed by atoms with van der Waals surface area (Å²) in [5.74, 6) is -8.19. The highest BCUT2D eigenvalue weighted by Crippen LogP contribution is 2.42. The molecule has 0 radical (unpaired) electrons. The third kappa shape index (κ3) is 14.9. The van der Waals surface area contributed by atoms with Crippen molar-refractivity contribution in [3.63, 3.8) is 0 Å². The molecule has 4 atom stereocenters. The van der Waals surface area contributed by atoms with Gasteiger partial charge in [0.05, 0.1) is 29.2 Å². The Morgan fingerprint density at radius 1 is 0.797 bits per heavy atom. The van der Waals surface area contributed by atoms with Gasteiger partial charge >= 0.3 is 25.5 Å². The molecule has 0 fully saturated rings. The van der Waals surface area contributed by atoms with Crippen LogP contribution in [0.4, 0.5) is 52.7 Å². The zero-order chi connectivity index (χ0) is 52.4. The van der Waals surface area contributed by atoms with Crippen LogP contribution in [0.5, 0.6) is 0 Å². The molecule has 69 heavy (non-hydrogen) atoms. The van der Waals surface area contributed by atoms with Gasteiger partial charge in [-0.3, -0.25) is 24.6 Å². The molecule has 0 saturated heterocycles. The average molecular weight is 1000 g/mol. The number of hydrogen-bond acceptors (Lipinski definition) is 9. The molecule has 2 aromatic carbocycles. The topological polar surface area (TPSA) is 194 Å². The second kappa shape index (κ2) is 23.4. The number of carbonyl (C=O) groups is 4. The number of amides is 4. The number of aromatic nitrogens is 2. The summed E-state index contributed by atoms with van der Waals surface area (Å²) in [5, 5.41) is 31.2. The molecule has 0 aliphatic carbocycles. The van der Waals surface area contributed by atoms with Gasteiger partial charge in [0.1, 0.15) is 23.7 Å². The number of carbonyl (C=O) groups excluding carboxylic acids is 4. The van der Waals surface area contributed by atoms with Crippen molar-refractivity contribution in [2.75, 3.05) is 6.54 Å². The molecule has 0 spiro atoms. The fourth-order valence-electron chi connectivity index (χ4n) is 6.43. The smallest absolute Gasteiger partial charge is 0.390 e.